The van der Waals surface area contributed by atoms with Crippen molar-refractivity contribution in [3.8, 4) is 0 Å². The van der Waals surface area contributed by atoms with Gasteiger partial charge in [0.2, 0.25) is 5.95 Å². The molecule has 18 heavy (non-hydrogen) atoms. The zero-order valence-electron chi connectivity index (χ0n) is 9.35. The summed E-state index contributed by atoms with van der Waals surface area (Å²) >= 11 is 0. The molecule has 3 N–H and O–H groups in total. The first-order valence-electron chi connectivity index (χ1n) is 5.33. The molecule has 1 aromatic rings. The summed E-state index contributed by atoms with van der Waals surface area (Å²) in [6, 6.07) is -0.0659. The third-order valence-electron chi connectivity index (χ3n) is 2.61. The van der Waals surface area contributed by atoms with Crippen molar-refractivity contribution in [2.45, 2.75) is 18.6 Å². The Balaban J connectivity index is 2.06. The van der Waals surface area contributed by atoms with E-state index in [9.17, 15) is 14.7 Å². The highest BCUT2D eigenvalue weighted by Crippen LogP contribution is 2.18. The molecule has 2 unspecified atom stereocenters. The fourth-order valence-corrected chi connectivity index (χ4v) is 1.80. The lowest BCUT2D eigenvalue weighted by Crippen LogP contribution is -2.43. The van der Waals surface area contributed by atoms with Crippen LogP contribution in [0.5, 0.6) is 0 Å². The number of β-amino-alcohol motifs (C(OH)–C–C–N with tert-alkyl or cyclic N) is 1. The molecule has 1 aromatic heterocycles. The van der Waals surface area contributed by atoms with E-state index in [1.807, 2.05) is 0 Å². The quantitative estimate of drug-likeness (QED) is 0.655. The number of hydrogen-bond donors (Lipinski definition) is 3. The van der Waals surface area contributed by atoms with Gasteiger partial charge in [-0.1, -0.05) is 0 Å². The largest absolute Gasteiger partial charge is 0.480 e. The third kappa shape index (κ3) is 2.54. The first kappa shape index (κ1) is 12.2. The molecular weight excluding hydrogens is 240 g/mol. The second-order valence-electron chi connectivity index (χ2n) is 3.90. The molecule has 2 rings (SSSR count). The van der Waals surface area contributed by atoms with Crippen molar-refractivity contribution in [1.29, 1.82) is 0 Å². The number of carboxylic acid groups (broad SMARTS) is 1. The van der Waals surface area contributed by atoms with Crippen molar-refractivity contribution in [3.05, 3.63) is 18.5 Å². The number of nitrogens with zero attached hydrogens (tertiary/aromatic N) is 3. The van der Waals surface area contributed by atoms with E-state index in [2.05, 4.69) is 15.3 Å². The molecular formula is C10H12N4O4. The van der Waals surface area contributed by atoms with Gasteiger partial charge >= 0.3 is 12.0 Å². The lowest BCUT2D eigenvalue weighted by molar-refractivity contribution is -0.141. The van der Waals surface area contributed by atoms with E-state index in [4.69, 9.17) is 5.11 Å². The molecule has 0 saturated carbocycles. The molecule has 2 amide bonds. The number of urea groups is 1. The molecule has 1 fully saturated rings. The summed E-state index contributed by atoms with van der Waals surface area (Å²) in [5.41, 5.74) is 0. The maximum absolute atomic E-state index is 11.8. The number of amides is 2. The molecule has 96 valence electrons. The summed E-state index contributed by atoms with van der Waals surface area (Å²) in [5, 5.41) is 20.7. The number of aliphatic hydroxyl groups is 1. The number of hydrogen-bond acceptors (Lipinski definition) is 5. The van der Waals surface area contributed by atoms with Gasteiger partial charge in [-0.3, -0.25) is 5.32 Å². The zero-order valence-corrected chi connectivity index (χ0v) is 9.35. The molecule has 0 spiro atoms. The average molecular weight is 252 g/mol. The Morgan fingerprint density at radius 3 is 2.67 bits per heavy atom. The number of likely N-dealkylation sites (tertiary alicyclic amines) is 1. The van der Waals surface area contributed by atoms with Gasteiger partial charge in [-0.15, -0.1) is 0 Å². The number of rotatable bonds is 2. The normalized spacial score (nSPS) is 22.8. The minimum absolute atomic E-state index is 0.0182. The molecule has 0 aliphatic carbocycles. The van der Waals surface area contributed by atoms with Crippen LogP contribution in [0, 0.1) is 0 Å². The van der Waals surface area contributed by atoms with Gasteiger partial charge in [0.1, 0.15) is 6.04 Å². The van der Waals surface area contributed by atoms with Crippen LogP contribution >= 0.6 is 0 Å². The summed E-state index contributed by atoms with van der Waals surface area (Å²) < 4.78 is 0. The first-order valence-corrected chi connectivity index (χ1v) is 5.33. The van der Waals surface area contributed by atoms with Crippen LogP contribution in [0.4, 0.5) is 10.7 Å². The molecule has 1 aliphatic rings. The smallest absolute Gasteiger partial charge is 0.326 e. The highest BCUT2D eigenvalue weighted by atomic mass is 16.4. The molecule has 8 nitrogen and oxygen atoms in total. The van der Waals surface area contributed by atoms with Crippen LogP contribution in [0.1, 0.15) is 6.42 Å². The maximum atomic E-state index is 11.8. The van der Waals surface area contributed by atoms with E-state index < -0.39 is 24.1 Å². The van der Waals surface area contributed by atoms with Crippen molar-refractivity contribution in [2.75, 3.05) is 11.9 Å². The van der Waals surface area contributed by atoms with Gasteiger partial charge < -0.3 is 15.1 Å². The van der Waals surface area contributed by atoms with E-state index in [0.29, 0.717) is 0 Å². The van der Waals surface area contributed by atoms with Gasteiger partial charge in [-0.25, -0.2) is 19.6 Å². The van der Waals surface area contributed by atoms with Crippen molar-refractivity contribution < 1.29 is 19.8 Å². The van der Waals surface area contributed by atoms with Crippen molar-refractivity contribution in [2.24, 2.45) is 0 Å². The predicted octanol–water partition coefficient (Wildman–Crippen LogP) is -0.472. The maximum Gasteiger partial charge on any atom is 0.326 e. The molecule has 8 heteroatoms. The molecule has 1 saturated heterocycles. The summed E-state index contributed by atoms with van der Waals surface area (Å²) in [5.74, 6) is -1.05. The van der Waals surface area contributed by atoms with E-state index in [0.717, 1.165) is 4.90 Å². The zero-order chi connectivity index (χ0) is 13.1. The monoisotopic (exact) mass is 252 g/mol. The van der Waals surface area contributed by atoms with Gasteiger partial charge in [0.25, 0.3) is 0 Å². The van der Waals surface area contributed by atoms with Gasteiger partial charge in [-0.2, -0.15) is 0 Å². The molecule has 2 heterocycles. The van der Waals surface area contributed by atoms with Crippen LogP contribution in [0.2, 0.25) is 0 Å². The Hall–Kier alpha value is -2.22. The van der Waals surface area contributed by atoms with Gasteiger partial charge in [0.15, 0.2) is 0 Å². The minimum Gasteiger partial charge on any atom is -0.480 e. The molecule has 2 atom stereocenters. The van der Waals surface area contributed by atoms with E-state index >= 15 is 0 Å². The number of aliphatic hydroxyl groups excluding tert-OH is 1. The van der Waals surface area contributed by atoms with Crippen molar-refractivity contribution >= 4 is 17.9 Å². The third-order valence-corrected chi connectivity index (χ3v) is 2.61. The Kier molecular flexibility index (Phi) is 3.38. The predicted molar refractivity (Wildman–Crippen MR) is 59.8 cm³/mol. The van der Waals surface area contributed by atoms with Crippen LogP contribution in [-0.4, -0.2) is 55.8 Å². The molecule has 0 bridgehead atoms. The molecule has 0 aromatic carbocycles. The number of carbonyl (C=O) groups is 2. The second-order valence-corrected chi connectivity index (χ2v) is 3.90. The van der Waals surface area contributed by atoms with Crippen LogP contribution < -0.4 is 5.32 Å². The lowest BCUT2D eigenvalue weighted by Gasteiger charge is -2.20. The fraction of sp³-hybridized carbons (Fsp3) is 0.400. The Labute approximate surface area is 102 Å². The lowest BCUT2D eigenvalue weighted by atomic mass is 10.2. The fourth-order valence-electron chi connectivity index (χ4n) is 1.80. The number of anilines is 1. The number of aromatic nitrogens is 2. The SMILES string of the molecule is O=C(O)C1CC(O)CN1C(=O)Nc1ncccn1. The second kappa shape index (κ2) is 4.96. The van der Waals surface area contributed by atoms with Crippen molar-refractivity contribution in [3.63, 3.8) is 0 Å². The Bertz CT molecular complexity index is 452. The van der Waals surface area contributed by atoms with E-state index in [1.165, 1.54) is 12.4 Å². The Morgan fingerprint density at radius 2 is 2.06 bits per heavy atom. The summed E-state index contributed by atoms with van der Waals surface area (Å²) in [4.78, 5) is 31.4. The Morgan fingerprint density at radius 1 is 1.39 bits per heavy atom. The van der Waals surface area contributed by atoms with E-state index in [-0.39, 0.29) is 18.9 Å². The highest BCUT2D eigenvalue weighted by Gasteiger charge is 2.39. The summed E-state index contributed by atoms with van der Waals surface area (Å²) in [7, 11) is 0. The van der Waals surface area contributed by atoms with Crippen LogP contribution in [-0.2, 0) is 4.79 Å². The standard InChI is InChI=1S/C10H12N4O4/c15-6-4-7(8(16)17)14(5-6)10(18)13-9-11-2-1-3-12-9/h1-3,6-7,15H,4-5H2,(H,16,17)(H,11,12,13,18). The van der Waals surface area contributed by atoms with Crippen molar-refractivity contribution in [1.82, 2.24) is 14.9 Å². The molecule has 1 aliphatic heterocycles. The number of carboxylic acids is 1. The van der Waals surface area contributed by atoms with Crippen LogP contribution in [0.25, 0.3) is 0 Å². The summed E-state index contributed by atoms with van der Waals surface area (Å²) in [6.45, 7) is -0.0182. The molecule has 0 radical (unpaired) electrons. The summed E-state index contributed by atoms with van der Waals surface area (Å²) in [6.07, 6.45) is 2.11. The highest BCUT2D eigenvalue weighted by molar-refractivity contribution is 5.91. The average Bonchev–Trinajstić information content (AvgIpc) is 2.73. The topological polar surface area (TPSA) is 116 Å². The minimum atomic E-state index is -1.14. The van der Waals surface area contributed by atoms with Crippen LogP contribution in [0.15, 0.2) is 18.5 Å². The van der Waals surface area contributed by atoms with Crippen LogP contribution in [0.3, 0.4) is 0 Å². The number of aliphatic carboxylic acids is 1. The van der Waals surface area contributed by atoms with Gasteiger partial charge in [-0.05, 0) is 6.07 Å². The number of nitrogens with one attached hydrogen (secondary N) is 1. The number of carbonyl (C=O) groups excluding carboxylic acids is 1. The van der Waals surface area contributed by atoms with Gasteiger partial charge in [0.05, 0.1) is 6.10 Å². The first-order chi connectivity index (χ1) is 8.58. The van der Waals surface area contributed by atoms with E-state index in [1.54, 1.807) is 6.07 Å². The van der Waals surface area contributed by atoms with Gasteiger partial charge in [0, 0.05) is 25.4 Å².